The molecule has 0 saturated heterocycles. The van der Waals surface area contributed by atoms with Crippen molar-refractivity contribution in [2.75, 3.05) is 0 Å². The van der Waals surface area contributed by atoms with Gasteiger partial charge in [0.2, 0.25) is 0 Å². The molecule has 0 nitrogen and oxygen atoms in total. The molecule has 0 bridgehead atoms. The van der Waals surface area contributed by atoms with Crippen LogP contribution in [0.3, 0.4) is 0 Å². The third kappa shape index (κ3) is 8.84. The number of rotatable bonds is 0. The van der Waals surface area contributed by atoms with Gasteiger partial charge in [-0.1, -0.05) is 0 Å². The van der Waals surface area contributed by atoms with Gasteiger partial charge >= 0.3 is 0 Å². The fourth-order valence-corrected chi connectivity index (χ4v) is 0. The predicted molar refractivity (Wildman–Crippen MR) is 11.5 cm³/mol. The molecule has 0 spiro atoms. The van der Waals surface area contributed by atoms with Crippen molar-refractivity contribution in [1.29, 1.82) is 0 Å². The molecule has 0 unspecified atom stereocenters. The third-order valence-electron chi connectivity index (χ3n) is 0. The second kappa shape index (κ2) is 18.3. The van der Waals surface area contributed by atoms with Crippen LogP contribution in [-0.2, 0) is 34.1 Å². The van der Waals surface area contributed by atoms with Crippen LogP contribution in [0.2, 0.25) is 0 Å². The minimum atomic E-state index is 0. The van der Waals surface area contributed by atoms with Crippen molar-refractivity contribution in [3.63, 3.8) is 0 Å². The summed E-state index contributed by atoms with van der Waals surface area (Å²) in [4.78, 5) is 0. The molecule has 0 aromatic carbocycles. The quantitative estimate of drug-likeness (QED) is 0.504. The van der Waals surface area contributed by atoms with Crippen LogP contribution in [0.5, 0.6) is 0 Å². The van der Waals surface area contributed by atoms with E-state index in [0.29, 0.717) is 0 Å². The maximum Gasteiger partial charge on any atom is 0 e. The van der Waals surface area contributed by atoms with Crippen LogP contribution >= 0.6 is 0 Å². The molecule has 0 aliphatic heterocycles. The van der Waals surface area contributed by atoms with Gasteiger partial charge in [0.05, 0.1) is 0 Å². The summed E-state index contributed by atoms with van der Waals surface area (Å²) < 4.78 is 0. The van der Waals surface area contributed by atoms with E-state index in [9.17, 15) is 0 Å². The molecule has 0 aliphatic carbocycles. The van der Waals surface area contributed by atoms with E-state index in [1.807, 2.05) is 0 Å². The third-order valence-corrected chi connectivity index (χ3v) is 0. The first-order valence-corrected chi connectivity index (χ1v) is 0. The average molecular weight is 264 g/mol. The Hall–Kier alpha value is 2.37. The average Bonchev–Trinajstić information content (AvgIpc) is 0. The second-order valence-electron chi connectivity index (χ2n) is 0. The van der Waals surface area contributed by atoms with E-state index >= 15 is 0 Å². The van der Waals surface area contributed by atoms with Crippen LogP contribution in [-0.4, -0.2) is 41.3 Å². The molecule has 9 radical (unpaired) electrons. The van der Waals surface area contributed by atoms with Crippen LogP contribution in [0.25, 0.3) is 0 Å². The van der Waals surface area contributed by atoms with Crippen molar-refractivity contribution < 1.29 is 34.1 Å². The maximum atomic E-state index is 0. The smallest absolute Gasteiger partial charge is 0 e. The Morgan fingerprint density at radius 3 is 1.00 bits per heavy atom. The molecular weight excluding hydrogens is 264 g/mol. The first-order valence-electron chi connectivity index (χ1n) is 0. The molecule has 0 N–H and O–H groups in total. The molecule has 0 rings (SSSR count). The van der Waals surface area contributed by atoms with Crippen molar-refractivity contribution in [3.8, 4) is 0 Å². The van der Waals surface area contributed by atoms with Gasteiger partial charge in [-0.3, -0.25) is 0 Å². The van der Waals surface area contributed by atoms with E-state index in [0.717, 1.165) is 0 Å². The molecule has 4 heteroatoms. The van der Waals surface area contributed by atoms with E-state index in [-0.39, 0.29) is 75.4 Å². The standard InChI is InChI=1S/Al.Cu.Mn.Sn. The summed E-state index contributed by atoms with van der Waals surface area (Å²) >= 11 is 0. The Kier molecular flexibility index (Phi) is 149. The monoisotopic (exact) mass is 265 g/mol. The zero-order valence-corrected chi connectivity index (χ0v) is 7.89. The van der Waals surface area contributed by atoms with Gasteiger partial charge in [0, 0.05) is 75.4 Å². The molecule has 4 heavy (non-hydrogen) atoms. The zero-order valence-electron chi connectivity index (χ0n) is 1.76. The fourth-order valence-electron chi connectivity index (χ4n) is 0. The maximum absolute atomic E-state index is 0. The topological polar surface area (TPSA) is 0 Å². The van der Waals surface area contributed by atoms with Gasteiger partial charge in [-0.2, -0.15) is 0 Å². The molecule has 0 aromatic rings. The van der Waals surface area contributed by atoms with Crippen LogP contribution in [0.15, 0.2) is 0 Å². The first kappa shape index (κ1) is 32.7. The summed E-state index contributed by atoms with van der Waals surface area (Å²) in [5.41, 5.74) is 0. The molecule has 25 valence electrons. The van der Waals surface area contributed by atoms with Crippen molar-refractivity contribution in [2.24, 2.45) is 0 Å². The number of hydrogen-bond donors (Lipinski definition) is 0. The molecule has 0 saturated carbocycles. The van der Waals surface area contributed by atoms with Gasteiger partial charge in [-0.15, -0.1) is 0 Å². The van der Waals surface area contributed by atoms with Crippen molar-refractivity contribution in [1.82, 2.24) is 0 Å². The Balaban J connectivity index is 0. The van der Waals surface area contributed by atoms with Gasteiger partial charge in [-0.25, -0.2) is 0 Å². The molecule has 0 atom stereocenters. The summed E-state index contributed by atoms with van der Waals surface area (Å²) in [6.07, 6.45) is 0. The van der Waals surface area contributed by atoms with Crippen molar-refractivity contribution >= 4 is 41.3 Å². The van der Waals surface area contributed by atoms with Gasteiger partial charge in [-0.05, 0) is 0 Å². The van der Waals surface area contributed by atoms with Crippen molar-refractivity contribution in [3.05, 3.63) is 0 Å². The first-order chi connectivity index (χ1) is 0. The Labute approximate surface area is 74.5 Å². The summed E-state index contributed by atoms with van der Waals surface area (Å²) in [7, 11) is 0. The molecular formula is AlCuMnSn. The Bertz CT molecular complexity index is 8.00. The fraction of sp³-hybridized carbons (Fsp3) is 0. The van der Waals surface area contributed by atoms with Crippen LogP contribution in [0.1, 0.15) is 0 Å². The zero-order chi connectivity index (χ0) is 0. The Morgan fingerprint density at radius 1 is 1.00 bits per heavy atom. The van der Waals surface area contributed by atoms with Gasteiger partial charge < -0.3 is 0 Å². The summed E-state index contributed by atoms with van der Waals surface area (Å²) in [6.45, 7) is 0. The molecule has 0 heterocycles. The largest absolute Gasteiger partial charge is 0 e. The minimum Gasteiger partial charge on any atom is 0 e. The minimum absolute atomic E-state index is 0. The Morgan fingerprint density at radius 2 is 1.00 bits per heavy atom. The summed E-state index contributed by atoms with van der Waals surface area (Å²) in [5.74, 6) is 0. The summed E-state index contributed by atoms with van der Waals surface area (Å²) in [6, 6.07) is 0. The van der Waals surface area contributed by atoms with Crippen LogP contribution < -0.4 is 0 Å². The molecule has 0 aliphatic rings. The molecule has 0 fully saturated rings. The summed E-state index contributed by atoms with van der Waals surface area (Å²) in [5, 5.41) is 0. The van der Waals surface area contributed by atoms with Crippen LogP contribution in [0, 0.1) is 0 Å². The normalized spacial score (nSPS) is 0. The number of hydrogen-bond acceptors (Lipinski definition) is 0. The van der Waals surface area contributed by atoms with Crippen LogP contribution in [0.4, 0.5) is 0 Å². The van der Waals surface area contributed by atoms with Gasteiger partial charge in [0.1, 0.15) is 0 Å². The van der Waals surface area contributed by atoms with Gasteiger partial charge in [0.15, 0.2) is 0 Å². The predicted octanol–water partition coefficient (Wildman–Crippen LogP) is -0.767. The van der Waals surface area contributed by atoms with E-state index in [1.54, 1.807) is 0 Å². The van der Waals surface area contributed by atoms with E-state index in [1.165, 1.54) is 0 Å². The van der Waals surface area contributed by atoms with Gasteiger partial charge in [0.25, 0.3) is 0 Å². The van der Waals surface area contributed by atoms with Crippen molar-refractivity contribution in [2.45, 2.75) is 0 Å². The van der Waals surface area contributed by atoms with E-state index < -0.39 is 0 Å². The van der Waals surface area contributed by atoms with E-state index in [4.69, 9.17) is 0 Å². The SMILES string of the molecule is [Al].[Cu].[Mn].[Sn]. The second-order valence-corrected chi connectivity index (χ2v) is 0. The molecule has 0 amide bonds. The molecule has 0 aromatic heterocycles. The van der Waals surface area contributed by atoms with E-state index in [2.05, 4.69) is 0 Å².